The van der Waals surface area contributed by atoms with Crippen molar-refractivity contribution in [1.82, 2.24) is 0 Å². The van der Waals surface area contributed by atoms with E-state index in [1.165, 1.54) is 11.1 Å². The molecule has 76 valence electrons. The Labute approximate surface area is 90.4 Å². The molecule has 0 aliphatic rings. The van der Waals surface area contributed by atoms with E-state index < -0.39 is 0 Å². The van der Waals surface area contributed by atoms with E-state index in [0.717, 1.165) is 6.42 Å². The zero-order chi connectivity index (χ0) is 10.7. The van der Waals surface area contributed by atoms with Crippen LogP contribution in [0.1, 0.15) is 11.1 Å². The smallest absolute Gasteiger partial charge is 0.168 e. The zero-order valence-corrected chi connectivity index (χ0v) is 9.22. The van der Waals surface area contributed by atoms with Crippen LogP contribution in [0.25, 0.3) is 0 Å². The number of hydrogen-bond acceptors (Lipinski definition) is 0. The molecule has 0 atom stereocenters. The van der Waals surface area contributed by atoms with Crippen molar-refractivity contribution >= 4 is 0 Å². The lowest BCUT2D eigenvalue weighted by molar-refractivity contribution is -0.671. The molecule has 2 rings (SSSR count). The molecule has 0 aliphatic carbocycles. The molecule has 0 unspecified atom stereocenters. The van der Waals surface area contributed by atoms with Crippen LogP contribution in [-0.2, 0) is 20.5 Å². The minimum absolute atomic E-state index is 1.00. The largest absolute Gasteiger partial charge is 0.208 e. The van der Waals surface area contributed by atoms with Crippen LogP contribution in [0.5, 0.6) is 0 Å². The summed E-state index contributed by atoms with van der Waals surface area (Å²) in [5.41, 5.74) is 2.70. The highest BCUT2D eigenvalue weighted by molar-refractivity contribution is 5.20. The molecule has 0 bridgehead atoms. The zero-order valence-electron chi connectivity index (χ0n) is 9.22. The molecule has 0 aliphatic heterocycles. The number of hydrogen-bond donors (Lipinski definition) is 0. The van der Waals surface area contributed by atoms with Crippen molar-refractivity contribution in [3.05, 3.63) is 60.2 Å². The van der Waals surface area contributed by atoms with Crippen molar-refractivity contribution in [3.8, 4) is 0 Å². The maximum absolute atomic E-state index is 2.16. The van der Waals surface area contributed by atoms with Gasteiger partial charge in [-0.3, -0.25) is 0 Å². The van der Waals surface area contributed by atoms with E-state index in [-0.39, 0.29) is 0 Å². The minimum Gasteiger partial charge on any atom is -0.208 e. The lowest BCUT2D eigenvalue weighted by Crippen LogP contribution is -2.26. The van der Waals surface area contributed by atoms with Gasteiger partial charge in [0.05, 0.1) is 0 Å². The molecular weight excluding hydrogens is 184 g/mol. The van der Waals surface area contributed by atoms with E-state index in [2.05, 4.69) is 58.2 Å². The van der Waals surface area contributed by atoms with Gasteiger partial charge >= 0.3 is 0 Å². The summed E-state index contributed by atoms with van der Waals surface area (Å²) in [4.78, 5) is 0. The van der Waals surface area contributed by atoms with Gasteiger partial charge in [0.2, 0.25) is 0 Å². The Bertz CT molecular complexity index is 386. The summed E-state index contributed by atoms with van der Waals surface area (Å²) < 4.78 is 4.10. The Morgan fingerprint density at radius 1 is 0.733 bits per heavy atom. The Kier molecular flexibility index (Phi) is 2.77. The van der Waals surface area contributed by atoms with Gasteiger partial charge in [-0.15, -0.1) is 0 Å². The van der Waals surface area contributed by atoms with Gasteiger partial charge in [0.25, 0.3) is 0 Å². The van der Waals surface area contributed by atoms with Gasteiger partial charge in [0, 0.05) is 24.3 Å². The average Bonchev–Trinajstić information content (AvgIpc) is 2.25. The highest BCUT2D eigenvalue weighted by Gasteiger charge is 2.00. The third kappa shape index (κ3) is 2.62. The fourth-order valence-corrected chi connectivity index (χ4v) is 1.54. The van der Waals surface area contributed by atoms with Crippen LogP contribution in [0.2, 0.25) is 0 Å². The monoisotopic (exact) mass is 200 g/mol. The van der Waals surface area contributed by atoms with Crippen molar-refractivity contribution < 1.29 is 9.13 Å². The lowest BCUT2D eigenvalue weighted by atomic mass is 10.1. The Balaban J connectivity index is 2.15. The van der Waals surface area contributed by atoms with Crippen LogP contribution in [-0.4, -0.2) is 0 Å². The summed E-state index contributed by atoms with van der Waals surface area (Å²) in [7, 11) is 4.07. The van der Waals surface area contributed by atoms with Gasteiger partial charge in [-0.25, -0.2) is 9.13 Å². The Morgan fingerprint density at radius 2 is 1.07 bits per heavy atom. The molecule has 2 aromatic rings. The van der Waals surface area contributed by atoms with Gasteiger partial charge in [-0.2, -0.15) is 0 Å². The van der Waals surface area contributed by atoms with E-state index in [0.29, 0.717) is 0 Å². The summed E-state index contributed by atoms with van der Waals surface area (Å²) in [6.07, 6.45) is 9.33. The summed E-state index contributed by atoms with van der Waals surface area (Å²) in [6, 6.07) is 8.64. The van der Waals surface area contributed by atoms with Crippen LogP contribution < -0.4 is 9.13 Å². The molecule has 0 aromatic carbocycles. The molecule has 0 amide bonds. The second-order valence-corrected chi connectivity index (χ2v) is 3.92. The first-order chi connectivity index (χ1) is 7.24. The number of pyridine rings is 2. The Hall–Kier alpha value is -1.70. The van der Waals surface area contributed by atoms with Crippen LogP contribution in [0.3, 0.4) is 0 Å². The summed E-state index contributed by atoms with van der Waals surface area (Å²) in [6.45, 7) is 0. The van der Waals surface area contributed by atoms with Crippen molar-refractivity contribution in [3.63, 3.8) is 0 Å². The first-order valence-electron chi connectivity index (χ1n) is 5.12. The highest BCUT2D eigenvalue weighted by atomic mass is 14.9. The molecule has 15 heavy (non-hydrogen) atoms. The lowest BCUT2D eigenvalue weighted by Gasteiger charge is -1.99. The molecule has 0 saturated carbocycles. The van der Waals surface area contributed by atoms with Gasteiger partial charge < -0.3 is 0 Å². The predicted molar refractivity (Wildman–Crippen MR) is 58.0 cm³/mol. The maximum atomic E-state index is 2.16. The standard InChI is InChI=1S/C13H16N2/c1-14-7-3-12(4-8-14)11-13-5-9-15(2)10-6-13/h3-10H,11H2,1-2H3/q+2. The summed E-state index contributed by atoms with van der Waals surface area (Å²) >= 11 is 0. The number of aryl methyl sites for hydroxylation is 2. The third-order valence-corrected chi connectivity index (χ3v) is 2.50. The molecule has 0 spiro atoms. The summed E-state index contributed by atoms with van der Waals surface area (Å²) in [5, 5.41) is 0. The Morgan fingerprint density at radius 3 is 1.40 bits per heavy atom. The van der Waals surface area contributed by atoms with Crippen LogP contribution >= 0.6 is 0 Å². The van der Waals surface area contributed by atoms with E-state index in [4.69, 9.17) is 0 Å². The molecule has 2 aromatic heterocycles. The molecule has 0 N–H and O–H groups in total. The van der Waals surface area contributed by atoms with E-state index in [9.17, 15) is 0 Å². The normalized spacial score (nSPS) is 10.3. The molecule has 2 heteroatoms. The number of aromatic nitrogens is 2. The third-order valence-electron chi connectivity index (χ3n) is 2.50. The van der Waals surface area contributed by atoms with Crippen LogP contribution in [0.4, 0.5) is 0 Å². The molecule has 2 heterocycles. The number of nitrogens with zero attached hydrogens (tertiary/aromatic N) is 2. The fourth-order valence-electron chi connectivity index (χ4n) is 1.54. The predicted octanol–water partition coefficient (Wildman–Crippen LogP) is 0.926. The van der Waals surface area contributed by atoms with Crippen molar-refractivity contribution in [1.29, 1.82) is 0 Å². The van der Waals surface area contributed by atoms with Gasteiger partial charge in [-0.05, 0) is 17.5 Å². The molecule has 2 nitrogen and oxygen atoms in total. The highest BCUT2D eigenvalue weighted by Crippen LogP contribution is 2.05. The molecule has 0 radical (unpaired) electrons. The second kappa shape index (κ2) is 4.22. The van der Waals surface area contributed by atoms with Gasteiger partial charge in [0.1, 0.15) is 14.1 Å². The van der Waals surface area contributed by atoms with Crippen LogP contribution in [0.15, 0.2) is 49.1 Å². The topological polar surface area (TPSA) is 7.76 Å². The maximum Gasteiger partial charge on any atom is 0.168 e. The number of rotatable bonds is 2. The van der Waals surface area contributed by atoms with Gasteiger partial charge in [-0.1, -0.05) is 0 Å². The van der Waals surface area contributed by atoms with Gasteiger partial charge in [0.15, 0.2) is 24.8 Å². The van der Waals surface area contributed by atoms with E-state index in [1.54, 1.807) is 0 Å². The van der Waals surface area contributed by atoms with Crippen molar-refractivity contribution in [2.24, 2.45) is 14.1 Å². The quantitative estimate of drug-likeness (QED) is 0.637. The first kappa shape index (κ1) is 9.84. The summed E-state index contributed by atoms with van der Waals surface area (Å²) in [5.74, 6) is 0. The second-order valence-electron chi connectivity index (χ2n) is 3.92. The minimum atomic E-state index is 1.00. The molecule has 0 saturated heterocycles. The molecule has 0 fully saturated rings. The molecular formula is C13H16N2+2. The average molecular weight is 200 g/mol. The SMILES string of the molecule is C[n+]1ccc(Cc2cc[n+](C)cc2)cc1. The van der Waals surface area contributed by atoms with Crippen molar-refractivity contribution in [2.45, 2.75) is 6.42 Å². The van der Waals surface area contributed by atoms with Crippen LogP contribution in [0, 0.1) is 0 Å². The van der Waals surface area contributed by atoms with E-state index >= 15 is 0 Å². The first-order valence-corrected chi connectivity index (χ1v) is 5.12. The van der Waals surface area contributed by atoms with E-state index in [1.807, 2.05) is 14.1 Å². The fraction of sp³-hybridized carbons (Fsp3) is 0.231. The van der Waals surface area contributed by atoms with Crippen molar-refractivity contribution in [2.75, 3.05) is 0 Å².